The Morgan fingerprint density at radius 3 is 2.71 bits per heavy atom. The van der Waals surface area contributed by atoms with Crippen LogP contribution in [0.2, 0.25) is 0 Å². The normalized spacial score (nSPS) is 24.4. The fourth-order valence-corrected chi connectivity index (χ4v) is 2.15. The monoisotopic (exact) mass is 239 g/mol. The van der Waals surface area contributed by atoms with Crippen LogP contribution in [0.3, 0.4) is 0 Å². The number of piperidine rings is 1. The Balaban J connectivity index is 2.05. The van der Waals surface area contributed by atoms with E-state index in [-0.39, 0.29) is 24.3 Å². The SMILES string of the molecule is O=C1CC(=CC(=O)[NH+]2CCCCC2)[NH+]=C(O)N1. The Hall–Kier alpha value is -1.69. The average molecular weight is 239 g/mol. The third kappa shape index (κ3) is 3.13. The Kier molecular flexibility index (Phi) is 3.53. The predicted molar refractivity (Wildman–Crippen MR) is 59.0 cm³/mol. The van der Waals surface area contributed by atoms with E-state index >= 15 is 0 Å². The summed E-state index contributed by atoms with van der Waals surface area (Å²) in [5.41, 5.74) is 0.453. The van der Waals surface area contributed by atoms with Gasteiger partial charge in [-0.15, -0.1) is 0 Å². The molecule has 0 unspecified atom stereocenters. The van der Waals surface area contributed by atoms with Gasteiger partial charge in [0.05, 0.1) is 19.2 Å². The van der Waals surface area contributed by atoms with Gasteiger partial charge in [-0.1, -0.05) is 0 Å². The second-order valence-corrected chi connectivity index (χ2v) is 4.40. The van der Waals surface area contributed by atoms with Gasteiger partial charge < -0.3 is 5.11 Å². The molecule has 17 heavy (non-hydrogen) atoms. The summed E-state index contributed by atoms with van der Waals surface area (Å²) in [6, 6.07) is -0.311. The largest absolute Gasteiger partial charge is 0.451 e. The highest BCUT2D eigenvalue weighted by Gasteiger charge is 2.26. The van der Waals surface area contributed by atoms with Crippen molar-refractivity contribution in [2.24, 2.45) is 0 Å². The number of quaternary nitrogens is 1. The lowest BCUT2D eigenvalue weighted by Gasteiger charge is -2.19. The number of likely N-dealkylation sites (tertiary alicyclic amines) is 1. The number of aliphatic hydroxyl groups is 1. The molecule has 0 spiro atoms. The highest BCUT2D eigenvalue weighted by molar-refractivity contribution is 5.94. The Bertz CT molecular complexity index is 395. The minimum absolute atomic E-state index is 0.0188. The zero-order chi connectivity index (χ0) is 12.3. The van der Waals surface area contributed by atoms with Crippen LogP contribution < -0.4 is 15.2 Å². The van der Waals surface area contributed by atoms with Gasteiger partial charge in [-0.2, -0.15) is 5.32 Å². The van der Waals surface area contributed by atoms with E-state index in [1.807, 2.05) is 0 Å². The molecule has 2 aliphatic rings. The lowest BCUT2D eigenvalue weighted by Crippen LogP contribution is -3.15. The molecule has 0 radical (unpaired) electrons. The molecule has 2 aliphatic heterocycles. The van der Waals surface area contributed by atoms with Gasteiger partial charge in [0.1, 0.15) is 12.1 Å². The first-order valence-electron chi connectivity index (χ1n) is 5.87. The molecule has 1 saturated heterocycles. The molecule has 2 heterocycles. The second kappa shape index (κ2) is 5.09. The molecule has 1 fully saturated rings. The fourth-order valence-electron chi connectivity index (χ4n) is 2.15. The number of rotatable bonds is 1. The maximum Gasteiger partial charge on any atom is 0.451 e. The van der Waals surface area contributed by atoms with Gasteiger partial charge in [-0.05, 0) is 19.3 Å². The molecule has 2 rings (SSSR count). The van der Waals surface area contributed by atoms with E-state index in [2.05, 4.69) is 10.3 Å². The number of hydrogen-bond donors (Lipinski definition) is 4. The van der Waals surface area contributed by atoms with Crippen molar-refractivity contribution in [3.8, 4) is 0 Å². The third-order valence-electron chi connectivity index (χ3n) is 3.00. The lowest BCUT2D eigenvalue weighted by molar-refractivity contribution is -0.823. The van der Waals surface area contributed by atoms with E-state index in [1.54, 1.807) is 0 Å². The molecule has 0 bridgehead atoms. The first kappa shape index (κ1) is 11.8. The molecule has 6 heteroatoms. The average Bonchev–Trinajstić information content (AvgIpc) is 2.28. The van der Waals surface area contributed by atoms with Gasteiger partial charge in [-0.25, -0.2) is 14.6 Å². The van der Waals surface area contributed by atoms with Crippen molar-refractivity contribution >= 4 is 17.8 Å². The van der Waals surface area contributed by atoms with E-state index in [4.69, 9.17) is 0 Å². The van der Waals surface area contributed by atoms with Crippen LogP contribution in [0.25, 0.3) is 0 Å². The van der Waals surface area contributed by atoms with Crippen LogP contribution in [-0.4, -0.2) is 36.0 Å². The number of carbonyl (C=O) groups is 2. The lowest BCUT2D eigenvalue weighted by atomic mass is 10.1. The summed E-state index contributed by atoms with van der Waals surface area (Å²) in [6.45, 7) is 1.70. The Labute approximate surface area is 99.0 Å². The molecular formula is C11H17N3O3+2. The van der Waals surface area contributed by atoms with Crippen LogP contribution in [0.15, 0.2) is 11.8 Å². The topological polar surface area (TPSA) is 84.8 Å². The first-order valence-corrected chi connectivity index (χ1v) is 5.87. The molecule has 0 aliphatic carbocycles. The summed E-state index contributed by atoms with van der Waals surface area (Å²) in [6.07, 6.45) is 4.84. The summed E-state index contributed by atoms with van der Waals surface area (Å²) < 4.78 is 0. The molecule has 0 aromatic heterocycles. The molecule has 0 atom stereocenters. The molecule has 6 nitrogen and oxygen atoms in total. The van der Waals surface area contributed by atoms with Crippen LogP contribution in [0.4, 0.5) is 0 Å². The number of carbonyl (C=O) groups excluding carboxylic acids is 2. The predicted octanol–water partition coefficient (Wildman–Crippen LogP) is -3.02. The van der Waals surface area contributed by atoms with Gasteiger partial charge in [0.25, 0.3) is 0 Å². The summed E-state index contributed by atoms with van der Waals surface area (Å²) in [4.78, 5) is 26.6. The maximum absolute atomic E-state index is 11.9. The Morgan fingerprint density at radius 1 is 1.35 bits per heavy atom. The zero-order valence-corrected chi connectivity index (χ0v) is 9.58. The third-order valence-corrected chi connectivity index (χ3v) is 3.00. The smallest absolute Gasteiger partial charge is 0.446 e. The number of amidine groups is 1. The van der Waals surface area contributed by atoms with Crippen molar-refractivity contribution in [3.63, 3.8) is 0 Å². The quantitative estimate of drug-likeness (QED) is 0.367. The van der Waals surface area contributed by atoms with Crippen LogP contribution >= 0.6 is 0 Å². The Morgan fingerprint density at radius 2 is 2.06 bits per heavy atom. The molecule has 0 saturated carbocycles. The van der Waals surface area contributed by atoms with E-state index < -0.39 is 0 Å². The number of nitrogens with one attached hydrogen (secondary N) is 3. The fraction of sp³-hybridized carbons (Fsp3) is 0.545. The van der Waals surface area contributed by atoms with E-state index in [0.717, 1.165) is 30.8 Å². The summed E-state index contributed by atoms with van der Waals surface area (Å²) >= 11 is 0. The zero-order valence-electron chi connectivity index (χ0n) is 9.58. The molecule has 0 aromatic carbocycles. The van der Waals surface area contributed by atoms with Crippen molar-refractivity contribution in [1.29, 1.82) is 0 Å². The van der Waals surface area contributed by atoms with Crippen molar-refractivity contribution in [1.82, 2.24) is 5.32 Å². The van der Waals surface area contributed by atoms with Crippen LogP contribution in [0.1, 0.15) is 25.7 Å². The van der Waals surface area contributed by atoms with E-state index in [1.165, 1.54) is 12.5 Å². The molecule has 92 valence electrons. The summed E-state index contributed by atoms with van der Waals surface area (Å²) in [7, 11) is 0. The maximum atomic E-state index is 11.9. The molecular weight excluding hydrogens is 222 g/mol. The van der Waals surface area contributed by atoms with Gasteiger partial charge in [0, 0.05) is 0 Å². The number of aliphatic hydroxyl groups excluding tert-OH is 1. The van der Waals surface area contributed by atoms with Gasteiger partial charge in [0.15, 0.2) is 0 Å². The summed E-state index contributed by atoms with van der Waals surface area (Å²) in [5, 5.41) is 11.4. The van der Waals surface area contributed by atoms with Gasteiger partial charge >= 0.3 is 17.8 Å². The van der Waals surface area contributed by atoms with E-state index in [0.29, 0.717) is 5.70 Å². The molecule has 2 amide bonds. The van der Waals surface area contributed by atoms with Crippen molar-refractivity contribution in [2.75, 3.05) is 13.1 Å². The van der Waals surface area contributed by atoms with Crippen LogP contribution in [0.5, 0.6) is 0 Å². The first-order chi connectivity index (χ1) is 8.15. The molecule has 0 aromatic rings. The minimum atomic E-state index is -0.311. The number of hydrogen-bond acceptors (Lipinski definition) is 2. The second-order valence-electron chi connectivity index (χ2n) is 4.40. The van der Waals surface area contributed by atoms with Crippen molar-refractivity contribution in [3.05, 3.63) is 11.8 Å². The van der Waals surface area contributed by atoms with Crippen molar-refractivity contribution < 1.29 is 24.6 Å². The standard InChI is InChI=1S/C11H15N3O3/c15-9-6-8(12-11(17)13-9)7-10(16)14-4-2-1-3-5-14/h7H,1-6H2,(H2,12,13,15,17)/p+2. The number of amides is 2. The highest BCUT2D eigenvalue weighted by atomic mass is 16.3. The van der Waals surface area contributed by atoms with Gasteiger partial charge in [0.2, 0.25) is 0 Å². The van der Waals surface area contributed by atoms with E-state index in [9.17, 15) is 14.7 Å². The minimum Gasteiger partial charge on any atom is -0.446 e. The molecule has 4 N–H and O–H groups in total. The van der Waals surface area contributed by atoms with Crippen LogP contribution in [0, 0.1) is 0 Å². The van der Waals surface area contributed by atoms with Crippen molar-refractivity contribution in [2.45, 2.75) is 25.7 Å². The van der Waals surface area contributed by atoms with Gasteiger partial charge in [-0.3, -0.25) is 4.90 Å². The van der Waals surface area contributed by atoms with Crippen LogP contribution in [-0.2, 0) is 9.59 Å². The highest BCUT2D eigenvalue weighted by Crippen LogP contribution is 1.96. The summed E-state index contributed by atoms with van der Waals surface area (Å²) in [5.74, 6) is -0.330.